The fraction of sp³-hybridized carbons (Fsp3) is 0.400. The van der Waals surface area contributed by atoms with Crippen LogP contribution >= 0.6 is 0 Å². The fourth-order valence-electron chi connectivity index (χ4n) is 3.06. The molecule has 1 aliphatic heterocycles. The Kier molecular flexibility index (Phi) is 6.16. The number of nitrogens with one attached hydrogen (secondary N) is 1. The van der Waals surface area contributed by atoms with Gasteiger partial charge in [-0.05, 0) is 35.7 Å². The van der Waals surface area contributed by atoms with Crippen LogP contribution in [0.25, 0.3) is 0 Å². The average Bonchev–Trinajstić information content (AvgIpc) is 3.04. The standard InChI is InChI=1S/C20H26N2O4S/c1-15(2)13-21-27(23,24)19-14-25-22(3)20(19)16-8-7-11-18(12-16)26-17-9-5-4-6-10-17/h4-12,15,19-21H,13-14H2,1-3H3. The SMILES string of the molecule is CC(C)CNS(=O)(=O)C1CON(C)C1c1cccc(Oc2ccccc2)c1. The lowest BCUT2D eigenvalue weighted by molar-refractivity contribution is -0.110. The Morgan fingerprint density at radius 2 is 1.85 bits per heavy atom. The first-order chi connectivity index (χ1) is 12.9. The van der Waals surface area contributed by atoms with Crippen molar-refractivity contribution < 1.29 is 18.0 Å². The lowest BCUT2D eigenvalue weighted by Gasteiger charge is -2.24. The lowest BCUT2D eigenvalue weighted by Crippen LogP contribution is -2.40. The minimum Gasteiger partial charge on any atom is -0.457 e. The summed E-state index contributed by atoms with van der Waals surface area (Å²) in [6, 6.07) is 16.6. The Balaban J connectivity index is 1.83. The molecule has 2 aromatic rings. The van der Waals surface area contributed by atoms with Gasteiger partial charge >= 0.3 is 0 Å². The van der Waals surface area contributed by atoms with Crippen molar-refractivity contribution in [2.24, 2.45) is 5.92 Å². The van der Waals surface area contributed by atoms with Crippen molar-refractivity contribution in [2.75, 3.05) is 20.2 Å². The molecule has 1 fully saturated rings. The van der Waals surface area contributed by atoms with Crippen molar-refractivity contribution in [2.45, 2.75) is 25.1 Å². The van der Waals surface area contributed by atoms with Gasteiger partial charge in [0.05, 0.1) is 12.6 Å². The third-order valence-corrected chi connectivity index (χ3v) is 6.22. The Morgan fingerprint density at radius 1 is 1.15 bits per heavy atom. The van der Waals surface area contributed by atoms with E-state index in [1.54, 1.807) is 12.1 Å². The van der Waals surface area contributed by atoms with Gasteiger partial charge in [-0.2, -0.15) is 5.06 Å². The molecule has 7 heteroatoms. The molecule has 1 N–H and O–H groups in total. The van der Waals surface area contributed by atoms with E-state index < -0.39 is 21.3 Å². The molecule has 3 rings (SSSR count). The van der Waals surface area contributed by atoms with E-state index in [0.29, 0.717) is 12.3 Å². The number of rotatable bonds is 7. The predicted molar refractivity (Wildman–Crippen MR) is 105 cm³/mol. The molecule has 0 radical (unpaired) electrons. The van der Waals surface area contributed by atoms with Crippen LogP contribution in [0.5, 0.6) is 11.5 Å². The van der Waals surface area contributed by atoms with Crippen LogP contribution in [0.4, 0.5) is 0 Å². The minimum absolute atomic E-state index is 0.123. The summed E-state index contributed by atoms with van der Waals surface area (Å²) in [5.74, 6) is 1.62. The molecule has 1 saturated heterocycles. The van der Waals surface area contributed by atoms with Gasteiger partial charge in [0, 0.05) is 13.6 Å². The minimum atomic E-state index is -3.51. The second kappa shape index (κ2) is 8.39. The first kappa shape index (κ1) is 19.8. The molecule has 1 heterocycles. The van der Waals surface area contributed by atoms with Crippen LogP contribution in [-0.4, -0.2) is 38.9 Å². The van der Waals surface area contributed by atoms with E-state index in [2.05, 4.69) is 4.72 Å². The molecular weight excluding hydrogens is 364 g/mol. The maximum absolute atomic E-state index is 12.8. The number of sulfonamides is 1. The summed E-state index contributed by atoms with van der Waals surface area (Å²) in [5.41, 5.74) is 0.836. The Hall–Kier alpha value is -1.93. The summed E-state index contributed by atoms with van der Waals surface area (Å²) < 4.78 is 34.2. The van der Waals surface area contributed by atoms with Gasteiger partial charge in [0.15, 0.2) is 0 Å². The van der Waals surface area contributed by atoms with Gasteiger partial charge in [0.25, 0.3) is 0 Å². The molecule has 146 valence electrons. The summed E-state index contributed by atoms with van der Waals surface area (Å²) in [4.78, 5) is 5.56. The highest BCUT2D eigenvalue weighted by molar-refractivity contribution is 7.90. The Bertz CT molecular complexity index is 855. The quantitative estimate of drug-likeness (QED) is 0.785. The number of para-hydroxylation sites is 1. The molecule has 0 bridgehead atoms. The molecule has 0 aromatic heterocycles. The summed E-state index contributed by atoms with van der Waals surface area (Å²) in [6.07, 6.45) is 0. The van der Waals surface area contributed by atoms with E-state index in [1.807, 2.05) is 68.4 Å². The van der Waals surface area contributed by atoms with Gasteiger partial charge < -0.3 is 4.74 Å². The number of ether oxygens (including phenoxy) is 1. The normalized spacial score (nSPS) is 20.9. The highest BCUT2D eigenvalue weighted by Gasteiger charge is 2.43. The van der Waals surface area contributed by atoms with Gasteiger partial charge in [0.1, 0.15) is 16.7 Å². The van der Waals surface area contributed by atoms with Crippen LogP contribution in [0.3, 0.4) is 0 Å². The smallest absolute Gasteiger partial charge is 0.218 e. The summed E-state index contributed by atoms with van der Waals surface area (Å²) >= 11 is 0. The monoisotopic (exact) mass is 390 g/mol. The number of hydrogen-bond acceptors (Lipinski definition) is 5. The second-order valence-corrected chi connectivity index (χ2v) is 9.08. The summed E-state index contributed by atoms with van der Waals surface area (Å²) in [7, 11) is -1.76. The molecule has 2 atom stereocenters. The highest BCUT2D eigenvalue weighted by Crippen LogP contribution is 2.35. The van der Waals surface area contributed by atoms with Gasteiger partial charge in [-0.25, -0.2) is 13.1 Å². The third kappa shape index (κ3) is 4.87. The van der Waals surface area contributed by atoms with Crippen LogP contribution in [0.1, 0.15) is 25.5 Å². The van der Waals surface area contributed by atoms with Crippen molar-refractivity contribution >= 4 is 10.0 Å². The molecule has 2 aromatic carbocycles. The fourth-order valence-corrected chi connectivity index (χ4v) is 4.74. The molecule has 1 aliphatic rings. The van der Waals surface area contributed by atoms with E-state index in [4.69, 9.17) is 9.57 Å². The van der Waals surface area contributed by atoms with E-state index in [1.165, 1.54) is 0 Å². The zero-order valence-corrected chi connectivity index (χ0v) is 16.6. The molecule has 0 spiro atoms. The van der Waals surface area contributed by atoms with Gasteiger partial charge in [0.2, 0.25) is 10.0 Å². The molecule has 27 heavy (non-hydrogen) atoms. The topological polar surface area (TPSA) is 67.9 Å². The van der Waals surface area contributed by atoms with Gasteiger partial charge in [-0.1, -0.05) is 44.2 Å². The lowest BCUT2D eigenvalue weighted by atomic mass is 10.0. The van der Waals surface area contributed by atoms with E-state index in [-0.39, 0.29) is 12.5 Å². The van der Waals surface area contributed by atoms with E-state index >= 15 is 0 Å². The molecule has 0 aliphatic carbocycles. The van der Waals surface area contributed by atoms with Crippen LogP contribution in [0, 0.1) is 5.92 Å². The van der Waals surface area contributed by atoms with E-state index in [0.717, 1.165) is 11.3 Å². The number of hydroxylamine groups is 2. The van der Waals surface area contributed by atoms with Gasteiger partial charge in [-0.15, -0.1) is 0 Å². The van der Waals surface area contributed by atoms with Crippen molar-refractivity contribution in [1.29, 1.82) is 0 Å². The van der Waals surface area contributed by atoms with Crippen molar-refractivity contribution in [3.8, 4) is 11.5 Å². The van der Waals surface area contributed by atoms with Crippen molar-refractivity contribution in [3.63, 3.8) is 0 Å². The average molecular weight is 391 g/mol. The maximum Gasteiger partial charge on any atom is 0.218 e. The van der Waals surface area contributed by atoms with Gasteiger partial charge in [-0.3, -0.25) is 4.84 Å². The second-order valence-electron chi connectivity index (χ2n) is 7.10. The number of nitrogens with zero attached hydrogens (tertiary/aromatic N) is 1. The summed E-state index contributed by atoms with van der Waals surface area (Å²) in [6.45, 7) is 4.48. The summed E-state index contributed by atoms with van der Waals surface area (Å²) in [5, 5.41) is 0.925. The first-order valence-corrected chi connectivity index (χ1v) is 10.6. The predicted octanol–water partition coefficient (Wildman–Crippen LogP) is 3.34. The molecule has 0 amide bonds. The van der Waals surface area contributed by atoms with E-state index in [9.17, 15) is 8.42 Å². The third-order valence-electron chi connectivity index (χ3n) is 4.46. The number of hydrogen-bond donors (Lipinski definition) is 1. The van der Waals surface area contributed by atoms with Crippen molar-refractivity contribution in [1.82, 2.24) is 9.79 Å². The molecule has 6 nitrogen and oxygen atoms in total. The Morgan fingerprint density at radius 3 is 2.56 bits per heavy atom. The highest BCUT2D eigenvalue weighted by atomic mass is 32.2. The zero-order chi connectivity index (χ0) is 19.4. The first-order valence-electron chi connectivity index (χ1n) is 9.04. The van der Waals surface area contributed by atoms with Crippen LogP contribution in [-0.2, 0) is 14.9 Å². The van der Waals surface area contributed by atoms with Crippen LogP contribution in [0.15, 0.2) is 54.6 Å². The Labute approximate surface area is 161 Å². The molecule has 0 saturated carbocycles. The molecular formula is C20H26N2O4S. The van der Waals surface area contributed by atoms with Crippen LogP contribution < -0.4 is 9.46 Å². The van der Waals surface area contributed by atoms with Crippen molar-refractivity contribution in [3.05, 3.63) is 60.2 Å². The number of benzene rings is 2. The molecule has 2 unspecified atom stereocenters. The zero-order valence-electron chi connectivity index (χ0n) is 15.8. The van der Waals surface area contributed by atoms with Crippen LogP contribution in [0.2, 0.25) is 0 Å². The largest absolute Gasteiger partial charge is 0.457 e. The maximum atomic E-state index is 12.8.